The van der Waals surface area contributed by atoms with Crippen molar-refractivity contribution in [3.05, 3.63) is 214 Å². The highest BCUT2D eigenvalue weighted by molar-refractivity contribution is 7.01. The Labute approximate surface area is 290 Å². The summed E-state index contributed by atoms with van der Waals surface area (Å²) in [5.41, 5.74) is 13.9. The van der Waals surface area contributed by atoms with Gasteiger partial charge < -0.3 is 0 Å². The summed E-state index contributed by atoms with van der Waals surface area (Å²) in [6.45, 7) is 11.2. The molecule has 1 aliphatic carbocycles. The molecule has 0 heterocycles. The lowest BCUT2D eigenvalue weighted by Gasteiger charge is -2.34. The van der Waals surface area contributed by atoms with Crippen molar-refractivity contribution >= 4 is 40.5 Å². The van der Waals surface area contributed by atoms with Gasteiger partial charge >= 0.3 is 0 Å². The standard InChI is InChI=1S/C48H39B/c1-5-33(2)46(40-24-14-12-18-34(40)3)49(47-35(4)28-29-36-19-13-15-25-41(36)47)39-30-31-45-43(32-39)42-26-16-17-27-44(42)48(45,37-20-8-6-9-21-37)38-22-10-7-11-23-38/h5-32H,3H2,1-2,4H3/b33-5-,46-40+. The lowest BCUT2D eigenvalue weighted by molar-refractivity contribution is 0.768. The maximum Gasteiger partial charge on any atom is 0.243 e. The van der Waals surface area contributed by atoms with Gasteiger partial charge in [0.25, 0.3) is 0 Å². The maximum absolute atomic E-state index is 4.54. The lowest BCUT2D eigenvalue weighted by Crippen LogP contribution is -2.49. The average molecular weight is 627 g/mol. The molecule has 8 rings (SSSR count). The van der Waals surface area contributed by atoms with Crippen LogP contribution in [0.2, 0.25) is 0 Å². The molecule has 0 saturated heterocycles. The summed E-state index contributed by atoms with van der Waals surface area (Å²) in [4.78, 5) is 0. The highest BCUT2D eigenvalue weighted by atomic mass is 14.5. The molecular formula is C48H39B. The van der Waals surface area contributed by atoms with E-state index in [1.807, 2.05) is 0 Å². The van der Waals surface area contributed by atoms with E-state index < -0.39 is 5.41 Å². The van der Waals surface area contributed by atoms with Crippen LogP contribution in [0, 0.1) is 6.92 Å². The molecule has 234 valence electrons. The van der Waals surface area contributed by atoms with Crippen molar-refractivity contribution in [1.29, 1.82) is 0 Å². The minimum Gasteiger partial charge on any atom is -0.0912 e. The summed E-state index contributed by atoms with van der Waals surface area (Å²) < 4.78 is 0. The largest absolute Gasteiger partial charge is 0.243 e. The van der Waals surface area contributed by atoms with Crippen LogP contribution in [0.4, 0.5) is 0 Å². The van der Waals surface area contributed by atoms with Gasteiger partial charge in [-0.3, -0.25) is 0 Å². The van der Waals surface area contributed by atoms with Gasteiger partial charge in [0.05, 0.1) is 5.41 Å². The summed E-state index contributed by atoms with van der Waals surface area (Å²) >= 11 is 0. The Balaban J connectivity index is 1.50. The Morgan fingerprint density at radius 3 is 1.94 bits per heavy atom. The van der Waals surface area contributed by atoms with E-state index in [9.17, 15) is 0 Å². The summed E-state index contributed by atoms with van der Waals surface area (Å²) in [7, 11) is 0. The van der Waals surface area contributed by atoms with Crippen LogP contribution in [0.15, 0.2) is 175 Å². The molecule has 0 N–H and O–H groups in total. The molecule has 0 saturated carbocycles. The Morgan fingerprint density at radius 2 is 1.22 bits per heavy atom. The van der Waals surface area contributed by atoms with E-state index in [4.69, 9.17) is 0 Å². The normalized spacial score (nSPS) is 13.9. The van der Waals surface area contributed by atoms with Gasteiger partial charge in [-0.05, 0) is 75.4 Å². The van der Waals surface area contributed by atoms with E-state index in [1.54, 1.807) is 0 Å². The van der Waals surface area contributed by atoms with Crippen LogP contribution in [0.1, 0.15) is 41.7 Å². The summed E-state index contributed by atoms with van der Waals surface area (Å²) in [6.07, 6.45) is 2.26. The molecule has 7 aromatic carbocycles. The SMILES string of the molecule is C=c1cccc/c1=C(B(c1ccc2c(c1)-c1ccccc1C2(c1ccccc1)c1ccccc1)c1c(C)ccc2ccccc12)/C(C)=C\C. The fourth-order valence-corrected chi connectivity index (χ4v) is 8.45. The van der Waals surface area contributed by atoms with Gasteiger partial charge in [-0.1, -0.05) is 204 Å². The first-order valence-electron chi connectivity index (χ1n) is 17.3. The molecule has 0 amide bonds. The van der Waals surface area contributed by atoms with Crippen LogP contribution in [0.5, 0.6) is 0 Å². The highest BCUT2D eigenvalue weighted by Crippen LogP contribution is 2.55. The highest BCUT2D eigenvalue weighted by Gasteiger charge is 2.46. The predicted octanol–water partition coefficient (Wildman–Crippen LogP) is 8.89. The van der Waals surface area contributed by atoms with Crippen molar-refractivity contribution in [1.82, 2.24) is 0 Å². The Morgan fingerprint density at radius 1 is 0.612 bits per heavy atom. The molecule has 1 aliphatic rings. The smallest absolute Gasteiger partial charge is 0.0912 e. The van der Waals surface area contributed by atoms with Crippen LogP contribution in [-0.4, -0.2) is 6.71 Å². The van der Waals surface area contributed by atoms with Crippen molar-refractivity contribution < 1.29 is 0 Å². The predicted molar refractivity (Wildman–Crippen MR) is 212 cm³/mol. The maximum atomic E-state index is 4.54. The summed E-state index contributed by atoms with van der Waals surface area (Å²) in [5, 5.41) is 4.78. The van der Waals surface area contributed by atoms with Gasteiger partial charge in [-0.2, -0.15) is 0 Å². The van der Waals surface area contributed by atoms with Gasteiger partial charge in [0.15, 0.2) is 0 Å². The van der Waals surface area contributed by atoms with E-state index in [1.165, 1.54) is 76.9 Å². The van der Waals surface area contributed by atoms with E-state index >= 15 is 0 Å². The second-order valence-electron chi connectivity index (χ2n) is 13.3. The van der Waals surface area contributed by atoms with Crippen molar-refractivity contribution in [2.24, 2.45) is 0 Å². The number of hydrogen-bond acceptors (Lipinski definition) is 0. The molecular weight excluding hydrogens is 587 g/mol. The second kappa shape index (κ2) is 12.4. The zero-order valence-corrected chi connectivity index (χ0v) is 28.5. The zero-order valence-electron chi connectivity index (χ0n) is 28.5. The quantitative estimate of drug-likeness (QED) is 0.162. The number of aryl methyl sites for hydroxylation is 1. The summed E-state index contributed by atoms with van der Waals surface area (Å²) in [5.74, 6) is 0. The molecule has 0 atom stereocenters. The first-order valence-corrected chi connectivity index (χ1v) is 17.3. The van der Waals surface area contributed by atoms with E-state index in [-0.39, 0.29) is 6.71 Å². The number of allylic oxidation sites excluding steroid dienone is 2. The molecule has 0 radical (unpaired) electrons. The number of hydrogen-bond donors (Lipinski definition) is 0. The van der Waals surface area contributed by atoms with Crippen LogP contribution in [-0.2, 0) is 5.41 Å². The van der Waals surface area contributed by atoms with Gasteiger partial charge in [-0.25, -0.2) is 0 Å². The fraction of sp³-hybridized carbons (Fsp3) is 0.0833. The number of benzene rings is 7. The Hall–Kier alpha value is -5.66. The second-order valence-corrected chi connectivity index (χ2v) is 13.3. The van der Waals surface area contributed by atoms with Crippen LogP contribution in [0.3, 0.4) is 0 Å². The fourth-order valence-electron chi connectivity index (χ4n) is 8.45. The monoisotopic (exact) mass is 626 g/mol. The topological polar surface area (TPSA) is 0 Å². The van der Waals surface area contributed by atoms with Gasteiger partial charge in [0.2, 0.25) is 6.71 Å². The molecule has 0 aliphatic heterocycles. The number of fused-ring (bicyclic) bond motifs is 4. The van der Waals surface area contributed by atoms with Gasteiger partial charge in [-0.15, -0.1) is 0 Å². The molecule has 49 heavy (non-hydrogen) atoms. The minimum absolute atomic E-state index is 0.0221. The molecule has 0 aromatic heterocycles. The van der Waals surface area contributed by atoms with Crippen molar-refractivity contribution in [3.8, 4) is 11.1 Å². The van der Waals surface area contributed by atoms with Crippen molar-refractivity contribution in [3.63, 3.8) is 0 Å². The average Bonchev–Trinajstić information content (AvgIpc) is 3.45. The molecule has 1 heteroatoms. The first-order chi connectivity index (χ1) is 24.0. The van der Waals surface area contributed by atoms with Gasteiger partial charge in [0, 0.05) is 0 Å². The van der Waals surface area contributed by atoms with Crippen LogP contribution >= 0.6 is 0 Å². The van der Waals surface area contributed by atoms with Crippen molar-refractivity contribution in [2.75, 3.05) is 0 Å². The van der Waals surface area contributed by atoms with Crippen molar-refractivity contribution in [2.45, 2.75) is 26.2 Å². The number of rotatable bonds is 6. The van der Waals surface area contributed by atoms with E-state index in [2.05, 4.69) is 197 Å². The molecule has 0 spiro atoms. The van der Waals surface area contributed by atoms with E-state index in [0.29, 0.717) is 0 Å². The molecule has 7 aromatic rings. The van der Waals surface area contributed by atoms with Crippen LogP contribution < -0.4 is 21.4 Å². The third-order valence-corrected chi connectivity index (χ3v) is 10.7. The van der Waals surface area contributed by atoms with Gasteiger partial charge in [0.1, 0.15) is 0 Å². The van der Waals surface area contributed by atoms with E-state index in [0.717, 1.165) is 5.22 Å². The Kier molecular flexibility index (Phi) is 7.77. The third-order valence-electron chi connectivity index (χ3n) is 10.7. The first kappa shape index (κ1) is 30.7. The van der Waals surface area contributed by atoms with Crippen LogP contribution in [0.25, 0.3) is 34.0 Å². The molecule has 0 unspecified atom stereocenters. The Bertz CT molecular complexity index is 2450. The molecule has 0 bridgehead atoms. The minimum atomic E-state index is -0.427. The lowest BCUT2D eigenvalue weighted by atomic mass is 9.33. The third kappa shape index (κ3) is 4.84. The molecule has 0 nitrogen and oxygen atoms in total. The summed E-state index contributed by atoms with van der Waals surface area (Å²) in [6, 6.07) is 60.5. The zero-order chi connectivity index (χ0) is 33.5. The molecule has 0 fully saturated rings.